The van der Waals surface area contributed by atoms with Gasteiger partial charge in [0.15, 0.2) is 0 Å². The first kappa shape index (κ1) is 26.4. The van der Waals surface area contributed by atoms with Gasteiger partial charge >= 0.3 is 0 Å². The lowest BCUT2D eigenvalue weighted by molar-refractivity contribution is 0.0282. The van der Waals surface area contributed by atoms with Crippen molar-refractivity contribution in [2.75, 3.05) is 6.67 Å². The maximum atomic E-state index is 13.7. The van der Waals surface area contributed by atoms with E-state index in [4.69, 9.17) is 15.7 Å². The minimum absolute atomic E-state index is 0. The first-order valence-corrected chi connectivity index (χ1v) is 9.79. The molecule has 3 aromatic rings. The Morgan fingerprint density at radius 1 is 0.968 bits per heavy atom. The second-order valence-corrected chi connectivity index (χ2v) is 6.82. The van der Waals surface area contributed by atoms with Gasteiger partial charge in [0.2, 0.25) is 0 Å². The maximum absolute atomic E-state index is 13.7. The van der Waals surface area contributed by atoms with Crippen molar-refractivity contribution >= 4 is 0 Å². The molecule has 174 valence electrons. The number of aliphatic hydroxyl groups is 1. The van der Waals surface area contributed by atoms with Crippen molar-refractivity contribution in [1.29, 1.82) is 0 Å². The maximum Gasteiger partial charge on any atom is 0.131 e. The van der Waals surface area contributed by atoms with E-state index in [1.54, 1.807) is 24.3 Å². The number of rotatable bonds is 5. The molecule has 0 bridgehead atoms. The molecular weight excluding hydrogens is 400 g/mol. The highest BCUT2D eigenvalue weighted by molar-refractivity contribution is 5.64. The zero-order valence-corrected chi connectivity index (χ0v) is 18.1. The van der Waals surface area contributed by atoms with Gasteiger partial charge in [0, 0.05) is 15.4 Å². The summed E-state index contributed by atoms with van der Waals surface area (Å²) in [5.74, 6) is -0.750. The van der Waals surface area contributed by atoms with E-state index in [1.807, 2.05) is 0 Å². The molecule has 0 heterocycles. The highest BCUT2D eigenvalue weighted by Crippen LogP contribution is 2.24. The van der Waals surface area contributed by atoms with Crippen molar-refractivity contribution in [1.82, 2.24) is 5.48 Å². The van der Waals surface area contributed by atoms with E-state index in [9.17, 15) is 8.78 Å². The van der Waals surface area contributed by atoms with Crippen LogP contribution in [0.5, 0.6) is 0 Å². The van der Waals surface area contributed by atoms with Crippen LogP contribution in [0.2, 0.25) is 0 Å². The topological polar surface area (TPSA) is 93.5 Å². The third kappa shape index (κ3) is 10.8. The van der Waals surface area contributed by atoms with Crippen molar-refractivity contribution in [3.63, 3.8) is 0 Å². The van der Waals surface area contributed by atoms with Gasteiger partial charge in [0.1, 0.15) is 11.6 Å². The summed E-state index contributed by atoms with van der Waals surface area (Å²) in [5.41, 5.74) is 16.3. The average molecular weight is 438 g/mol. The first-order chi connectivity index (χ1) is 14.7. The van der Waals surface area contributed by atoms with E-state index in [2.05, 4.69) is 49.3 Å². The van der Waals surface area contributed by atoms with Gasteiger partial charge in [-0.3, -0.25) is 4.84 Å². The second-order valence-electron chi connectivity index (χ2n) is 6.82. The highest BCUT2D eigenvalue weighted by Gasteiger charge is 2.08. The molecule has 0 aromatic heterocycles. The summed E-state index contributed by atoms with van der Waals surface area (Å²) in [6.45, 7) is 5.85. The molecule has 0 aliphatic carbocycles. The van der Waals surface area contributed by atoms with Crippen LogP contribution in [-0.2, 0) is 11.4 Å². The number of hydroxylamine groups is 1. The third-order valence-electron chi connectivity index (χ3n) is 3.86. The predicted octanol–water partition coefficient (Wildman–Crippen LogP) is 4.89. The van der Waals surface area contributed by atoms with Crippen molar-refractivity contribution in [2.24, 2.45) is 11.5 Å². The fourth-order valence-corrected chi connectivity index (χ4v) is 2.37. The minimum atomic E-state index is -0.667. The minimum Gasteiger partial charge on any atom is -0.379 e. The molecule has 0 amide bonds. The Morgan fingerprint density at radius 3 is 2.03 bits per heavy atom. The van der Waals surface area contributed by atoms with Crippen LogP contribution in [0.3, 0.4) is 0 Å². The van der Waals surface area contributed by atoms with E-state index in [1.165, 1.54) is 36.2 Å². The van der Waals surface area contributed by atoms with Crippen molar-refractivity contribution in [2.45, 2.75) is 33.6 Å². The highest BCUT2D eigenvalue weighted by atomic mass is 19.1. The molecule has 3 aromatic carbocycles. The number of aliphatic hydroxyl groups excluding tert-OH is 1. The average Bonchev–Trinajstić information content (AvgIpc) is 2.72. The van der Waals surface area contributed by atoms with Gasteiger partial charge < -0.3 is 16.6 Å². The summed E-state index contributed by atoms with van der Waals surface area (Å²) in [6, 6.07) is 19.2. The van der Waals surface area contributed by atoms with E-state index >= 15 is 0 Å². The molecule has 0 saturated heterocycles. The molecule has 0 aliphatic heterocycles. The summed E-state index contributed by atoms with van der Waals surface area (Å²) < 4.78 is 27.2. The van der Waals surface area contributed by atoms with E-state index in [-0.39, 0.29) is 23.4 Å². The van der Waals surface area contributed by atoms with E-state index in [0.29, 0.717) is 16.7 Å². The molecule has 0 saturated carbocycles. The fraction of sp³-hybridized carbons (Fsp3) is 0.250. The molecule has 0 fully saturated rings. The number of hydrogen-bond donors (Lipinski definition) is 4. The van der Waals surface area contributed by atoms with Gasteiger partial charge in [-0.25, -0.2) is 8.78 Å². The number of benzene rings is 3. The summed E-state index contributed by atoms with van der Waals surface area (Å²) >= 11 is 0. The van der Waals surface area contributed by atoms with Gasteiger partial charge in [-0.15, -0.1) is 0 Å². The van der Waals surface area contributed by atoms with Gasteiger partial charge in [-0.1, -0.05) is 59.7 Å². The van der Waals surface area contributed by atoms with Crippen molar-refractivity contribution in [3.8, 4) is 11.1 Å². The lowest BCUT2D eigenvalue weighted by atomic mass is 10.0. The van der Waals surface area contributed by atoms with Crippen LogP contribution in [0.4, 0.5) is 8.78 Å². The Bertz CT molecular complexity index is 894. The molecule has 1 atom stereocenters. The Balaban J connectivity index is -0.000000540. The molecule has 0 spiro atoms. The van der Waals surface area contributed by atoms with Crippen LogP contribution in [0, 0.1) is 25.5 Å². The number of nitrogens with one attached hydrogen (secondary N) is 1. The van der Waals surface area contributed by atoms with Gasteiger partial charge in [-0.2, -0.15) is 5.48 Å². The molecule has 0 unspecified atom stereocenters. The normalized spacial score (nSPS) is 11.0. The summed E-state index contributed by atoms with van der Waals surface area (Å²) in [7, 11) is 0. The Hall–Kier alpha value is -2.68. The predicted molar refractivity (Wildman–Crippen MR) is 127 cm³/mol. The van der Waals surface area contributed by atoms with Crippen LogP contribution in [-0.4, -0.2) is 18.0 Å². The second kappa shape index (κ2) is 14.3. The Labute approximate surface area is 187 Å². The largest absolute Gasteiger partial charge is 0.379 e. The number of halogens is 2. The van der Waals surface area contributed by atoms with E-state index < -0.39 is 12.0 Å². The summed E-state index contributed by atoms with van der Waals surface area (Å²) in [6.07, 6.45) is -0.667. The lowest BCUT2D eigenvalue weighted by Crippen LogP contribution is -2.22. The molecule has 5 nitrogen and oxygen atoms in total. The molecule has 7 heteroatoms. The van der Waals surface area contributed by atoms with Crippen LogP contribution < -0.4 is 16.9 Å². The lowest BCUT2D eigenvalue weighted by Gasteiger charge is -2.08. The zero-order chi connectivity index (χ0) is 23.2. The smallest absolute Gasteiger partial charge is 0.131 e. The van der Waals surface area contributed by atoms with E-state index in [0.717, 1.165) is 0 Å². The molecule has 3 rings (SSSR count). The summed E-state index contributed by atoms with van der Waals surface area (Å²) in [5, 5.41) is 7.83. The number of nitrogens with two attached hydrogens (primary N) is 2. The standard InChI is InChI=1S/C14H14F2N2O.C8H10.C2H7NO.3H2/c15-13-6-5-10(7-11(13)8-19-18-9-17)12-3-1-2-4-14(12)16;1-7-3-5-8(2)6-4-7;1-2(3)4;;;/h1-7,18H,8-9,17H2;3-6H,1-2H3;2,4H,3H2,1H3;3*1H/t;;2-;;;/m..1.../s1. The molecule has 0 aliphatic rings. The molecule has 6 N–H and O–H groups in total. The van der Waals surface area contributed by atoms with Crippen molar-refractivity contribution < 1.29 is 23.0 Å². The van der Waals surface area contributed by atoms with Crippen LogP contribution in [0.15, 0.2) is 66.7 Å². The number of aryl methyl sites for hydroxylation is 2. The third-order valence-corrected chi connectivity index (χ3v) is 3.86. The number of hydrogen-bond acceptors (Lipinski definition) is 5. The summed E-state index contributed by atoms with van der Waals surface area (Å²) in [4.78, 5) is 4.96. The molecule has 31 heavy (non-hydrogen) atoms. The first-order valence-electron chi connectivity index (χ1n) is 9.79. The fourth-order valence-electron chi connectivity index (χ4n) is 2.37. The quantitative estimate of drug-likeness (QED) is 0.259. The van der Waals surface area contributed by atoms with Gasteiger partial charge in [0.05, 0.1) is 19.5 Å². The zero-order valence-electron chi connectivity index (χ0n) is 18.1. The SMILES string of the molecule is C[C@H](N)O.Cc1ccc(C)cc1.NCNOCc1cc(-c2ccccc2F)ccc1F.[HH].[HH].[HH]. The van der Waals surface area contributed by atoms with Gasteiger partial charge in [0.25, 0.3) is 0 Å². The van der Waals surface area contributed by atoms with Crippen LogP contribution >= 0.6 is 0 Å². The Kier molecular flexibility index (Phi) is 12.2. The molecular formula is C24H37F2N3O2. The van der Waals surface area contributed by atoms with Crippen LogP contribution in [0.1, 0.15) is 27.9 Å². The van der Waals surface area contributed by atoms with Crippen molar-refractivity contribution in [3.05, 3.63) is 95.1 Å². The monoisotopic (exact) mass is 437 g/mol. The molecule has 0 radical (unpaired) electrons. The van der Waals surface area contributed by atoms with Crippen LogP contribution in [0.25, 0.3) is 11.1 Å². The van der Waals surface area contributed by atoms with Gasteiger partial charge in [-0.05, 0) is 44.5 Å². The Morgan fingerprint density at radius 2 is 1.52 bits per heavy atom.